The fraction of sp³-hybridized carbons (Fsp3) is 0.444. The lowest BCUT2D eigenvalue weighted by atomic mass is 9.76. The molecule has 1 aromatic rings. The van der Waals surface area contributed by atoms with Crippen LogP contribution in [0.15, 0.2) is 30.0 Å². The molecule has 1 unspecified atom stereocenters. The first kappa shape index (κ1) is 15.7. The zero-order valence-corrected chi connectivity index (χ0v) is 13.3. The minimum absolute atomic E-state index is 0.0843. The molecule has 0 bridgehead atoms. The number of carbonyl (C=O) groups excluding carboxylic acids is 2. The van der Waals surface area contributed by atoms with E-state index in [4.69, 9.17) is 14.2 Å². The maximum absolute atomic E-state index is 11.6. The predicted molar refractivity (Wildman–Crippen MR) is 83.3 cm³/mol. The lowest BCUT2D eigenvalue weighted by Crippen LogP contribution is -2.41. The van der Waals surface area contributed by atoms with Gasteiger partial charge in [0, 0.05) is 12.5 Å². The van der Waals surface area contributed by atoms with E-state index in [1.165, 1.54) is 0 Å². The Balaban J connectivity index is 1.84. The summed E-state index contributed by atoms with van der Waals surface area (Å²) in [5.74, 6) is 1.42. The third-order valence-corrected chi connectivity index (χ3v) is 4.74. The number of fused-ring (bicyclic) bond motifs is 1. The second kappa shape index (κ2) is 6.16. The number of rotatable bonds is 5. The van der Waals surface area contributed by atoms with Crippen LogP contribution in [0.25, 0.3) is 0 Å². The Labute approximate surface area is 135 Å². The van der Waals surface area contributed by atoms with Gasteiger partial charge in [0.1, 0.15) is 17.1 Å². The lowest BCUT2D eigenvalue weighted by molar-refractivity contribution is -0.117. The van der Waals surface area contributed by atoms with Gasteiger partial charge in [0.25, 0.3) is 0 Å². The van der Waals surface area contributed by atoms with Gasteiger partial charge < -0.3 is 14.2 Å². The summed E-state index contributed by atoms with van der Waals surface area (Å²) in [6.07, 6.45) is 4.19. The van der Waals surface area contributed by atoms with E-state index in [1.54, 1.807) is 19.3 Å². The fourth-order valence-corrected chi connectivity index (χ4v) is 3.43. The molecule has 122 valence electrons. The average molecular weight is 316 g/mol. The summed E-state index contributed by atoms with van der Waals surface area (Å²) in [6, 6.07) is 5.59. The van der Waals surface area contributed by atoms with Gasteiger partial charge >= 0.3 is 0 Å². The molecule has 2 atom stereocenters. The van der Waals surface area contributed by atoms with Gasteiger partial charge in [-0.3, -0.25) is 9.59 Å². The molecule has 1 aliphatic carbocycles. The second-order valence-corrected chi connectivity index (χ2v) is 6.07. The Morgan fingerprint density at radius 3 is 3.00 bits per heavy atom. The van der Waals surface area contributed by atoms with E-state index in [0.29, 0.717) is 29.9 Å². The molecular formula is C18H20O5. The first-order valence-electron chi connectivity index (χ1n) is 7.73. The topological polar surface area (TPSA) is 61.8 Å². The third-order valence-electron chi connectivity index (χ3n) is 4.74. The summed E-state index contributed by atoms with van der Waals surface area (Å²) in [6.45, 7) is 2.27. The van der Waals surface area contributed by atoms with Crippen LogP contribution in [0.1, 0.15) is 35.7 Å². The fourth-order valence-electron chi connectivity index (χ4n) is 3.43. The first-order chi connectivity index (χ1) is 11.1. The molecule has 0 radical (unpaired) electrons. The number of aldehydes is 1. The van der Waals surface area contributed by atoms with E-state index in [2.05, 4.69) is 6.92 Å². The third kappa shape index (κ3) is 2.77. The van der Waals surface area contributed by atoms with Gasteiger partial charge in [-0.25, -0.2) is 0 Å². The smallest absolute Gasteiger partial charge is 0.189 e. The molecule has 0 spiro atoms. The Bertz CT molecular complexity index is 663. The van der Waals surface area contributed by atoms with Crippen LogP contribution >= 0.6 is 0 Å². The SMILES string of the molecule is COc1ccc(CC(C)[C@]23CCC(=O)C=C2OCO3)cc1C=O. The van der Waals surface area contributed by atoms with Gasteiger partial charge in [-0.05, 0) is 36.5 Å². The molecule has 1 aliphatic heterocycles. The van der Waals surface area contributed by atoms with Crippen molar-refractivity contribution in [2.45, 2.75) is 31.8 Å². The molecule has 1 aromatic carbocycles. The van der Waals surface area contributed by atoms with Crippen LogP contribution < -0.4 is 4.74 Å². The van der Waals surface area contributed by atoms with E-state index in [-0.39, 0.29) is 18.5 Å². The summed E-state index contributed by atoms with van der Waals surface area (Å²) < 4.78 is 16.6. The maximum atomic E-state index is 11.6. The summed E-state index contributed by atoms with van der Waals surface area (Å²) >= 11 is 0. The normalized spacial score (nSPS) is 24.4. The maximum Gasteiger partial charge on any atom is 0.189 e. The Kier molecular flexibility index (Phi) is 4.22. The molecule has 0 saturated carbocycles. The Hall–Kier alpha value is -2.14. The van der Waals surface area contributed by atoms with E-state index in [1.807, 2.05) is 12.1 Å². The quantitative estimate of drug-likeness (QED) is 0.782. The standard InChI is InChI=1S/C18H20O5/c1-12(7-13-3-4-16(21-2)14(8-13)10-19)18-6-5-15(20)9-17(18)22-11-23-18/h3-4,8-10,12H,5-7,11H2,1-2H3/t12?,18-/m1/s1. The number of methoxy groups -OCH3 is 1. The van der Waals surface area contributed by atoms with Crippen molar-refractivity contribution < 1.29 is 23.8 Å². The highest BCUT2D eigenvalue weighted by molar-refractivity contribution is 5.91. The van der Waals surface area contributed by atoms with Gasteiger partial charge in [-0.15, -0.1) is 0 Å². The molecule has 5 heteroatoms. The highest BCUT2D eigenvalue weighted by Gasteiger charge is 2.48. The van der Waals surface area contributed by atoms with Crippen molar-refractivity contribution in [2.24, 2.45) is 5.92 Å². The zero-order chi connectivity index (χ0) is 16.4. The summed E-state index contributed by atoms with van der Waals surface area (Å²) in [5.41, 5.74) is 1.03. The van der Waals surface area contributed by atoms with Crippen molar-refractivity contribution in [2.75, 3.05) is 13.9 Å². The van der Waals surface area contributed by atoms with Crippen LogP contribution in [0.4, 0.5) is 0 Å². The van der Waals surface area contributed by atoms with Gasteiger partial charge in [-0.1, -0.05) is 13.0 Å². The van der Waals surface area contributed by atoms with E-state index in [9.17, 15) is 9.59 Å². The van der Waals surface area contributed by atoms with Crippen molar-refractivity contribution in [3.05, 3.63) is 41.2 Å². The average Bonchev–Trinajstić information content (AvgIpc) is 2.98. The molecule has 1 saturated heterocycles. The van der Waals surface area contributed by atoms with Crippen LogP contribution in [0.5, 0.6) is 5.75 Å². The van der Waals surface area contributed by atoms with Crippen molar-refractivity contribution in [3.63, 3.8) is 0 Å². The van der Waals surface area contributed by atoms with Gasteiger partial charge in [0.2, 0.25) is 0 Å². The number of ketones is 1. The molecule has 1 fully saturated rings. The second-order valence-electron chi connectivity index (χ2n) is 6.07. The lowest BCUT2D eigenvalue weighted by Gasteiger charge is -2.35. The molecule has 1 heterocycles. The molecule has 23 heavy (non-hydrogen) atoms. The number of carbonyl (C=O) groups is 2. The summed E-state index contributed by atoms with van der Waals surface area (Å²) in [4.78, 5) is 22.8. The molecular weight excluding hydrogens is 296 g/mol. The molecule has 5 nitrogen and oxygen atoms in total. The minimum atomic E-state index is -0.533. The van der Waals surface area contributed by atoms with Crippen LogP contribution in [0, 0.1) is 5.92 Å². The summed E-state index contributed by atoms with van der Waals surface area (Å²) in [7, 11) is 1.55. The predicted octanol–water partition coefficient (Wildman–Crippen LogP) is 2.68. The first-order valence-corrected chi connectivity index (χ1v) is 7.73. The highest BCUT2D eigenvalue weighted by atomic mass is 16.7. The van der Waals surface area contributed by atoms with E-state index < -0.39 is 5.60 Å². The monoisotopic (exact) mass is 316 g/mol. The number of allylic oxidation sites excluding steroid dienone is 1. The number of ether oxygens (including phenoxy) is 3. The molecule has 0 N–H and O–H groups in total. The van der Waals surface area contributed by atoms with Crippen molar-refractivity contribution in [1.82, 2.24) is 0 Å². The molecule has 0 aromatic heterocycles. The van der Waals surface area contributed by atoms with Crippen LogP contribution in [-0.2, 0) is 20.7 Å². The van der Waals surface area contributed by atoms with Gasteiger partial charge in [-0.2, -0.15) is 0 Å². The minimum Gasteiger partial charge on any atom is -0.496 e. The Morgan fingerprint density at radius 2 is 2.26 bits per heavy atom. The molecule has 3 rings (SSSR count). The molecule has 2 aliphatic rings. The number of benzene rings is 1. The summed E-state index contributed by atoms with van der Waals surface area (Å²) in [5, 5.41) is 0. The highest BCUT2D eigenvalue weighted by Crippen LogP contribution is 2.44. The van der Waals surface area contributed by atoms with Crippen molar-refractivity contribution in [1.29, 1.82) is 0 Å². The Morgan fingerprint density at radius 1 is 1.43 bits per heavy atom. The molecule has 0 amide bonds. The van der Waals surface area contributed by atoms with Crippen LogP contribution in [-0.4, -0.2) is 31.6 Å². The largest absolute Gasteiger partial charge is 0.496 e. The van der Waals surface area contributed by atoms with Gasteiger partial charge in [0.15, 0.2) is 18.9 Å². The van der Waals surface area contributed by atoms with Gasteiger partial charge in [0.05, 0.1) is 12.7 Å². The number of hydrogen-bond acceptors (Lipinski definition) is 5. The van der Waals surface area contributed by atoms with Crippen LogP contribution in [0.2, 0.25) is 0 Å². The van der Waals surface area contributed by atoms with Crippen LogP contribution in [0.3, 0.4) is 0 Å². The van der Waals surface area contributed by atoms with E-state index >= 15 is 0 Å². The van der Waals surface area contributed by atoms with Crippen molar-refractivity contribution in [3.8, 4) is 5.75 Å². The number of hydrogen-bond donors (Lipinski definition) is 0. The zero-order valence-electron chi connectivity index (χ0n) is 13.3. The van der Waals surface area contributed by atoms with E-state index in [0.717, 1.165) is 18.3 Å². The van der Waals surface area contributed by atoms with Crippen molar-refractivity contribution >= 4 is 12.1 Å².